The van der Waals surface area contributed by atoms with Crippen molar-refractivity contribution in [3.05, 3.63) is 23.2 Å². The zero-order chi connectivity index (χ0) is 12.8. The summed E-state index contributed by atoms with van der Waals surface area (Å²) in [5.41, 5.74) is 0.182. The van der Waals surface area contributed by atoms with E-state index in [1.165, 1.54) is 6.07 Å². The summed E-state index contributed by atoms with van der Waals surface area (Å²) >= 11 is 0. The first kappa shape index (κ1) is 13.7. The number of aromatic carboxylic acids is 1. The maximum absolute atomic E-state index is 10.8. The summed E-state index contributed by atoms with van der Waals surface area (Å²) in [4.78, 5) is 10.8. The van der Waals surface area contributed by atoms with Crippen LogP contribution in [0.5, 0.6) is 0 Å². The highest BCUT2D eigenvalue weighted by Gasteiger charge is 2.13. The second-order valence-electron chi connectivity index (χ2n) is 3.96. The Labute approximate surface area is 100 Å². The van der Waals surface area contributed by atoms with Crippen LogP contribution >= 0.6 is 0 Å². The standard InChI is InChI=1S/C12H18O5/c1-8(2)16-5-4-15-7-10-6-11(12(13)14)9(3)17-10/h6,8H,4-5,7H2,1-3H3,(H,13,14). The number of hydrogen-bond acceptors (Lipinski definition) is 4. The highest BCUT2D eigenvalue weighted by atomic mass is 16.5. The fraction of sp³-hybridized carbons (Fsp3) is 0.583. The van der Waals surface area contributed by atoms with Gasteiger partial charge in [0.05, 0.1) is 19.3 Å². The molecule has 1 heterocycles. The highest BCUT2D eigenvalue weighted by Crippen LogP contribution is 2.15. The number of furan rings is 1. The van der Waals surface area contributed by atoms with Crippen LogP contribution in [0.1, 0.15) is 35.7 Å². The molecule has 0 aliphatic heterocycles. The third-order valence-corrected chi connectivity index (χ3v) is 2.12. The van der Waals surface area contributed by atoms with Crippen LogP contribution in [0.4, 0.5) is 0 Å². The number of carbonyl (C=O) groups is 1. The minimum absolute atomic E-state index is 0.182. The Hall–Kier alpha value is -1.33. The lowest BCUT2D eigenvalue weighted by Gasteiger charge is -2.06. The van der Waals surface area contributed by atoms with E-state index in [9.17, 15) is 4.79 Å². The largest absolute Gasteiger partial charge is 0.478 e. The molecule has 0 saturated heterocycles. The van der Waals surface area contributed by atoms with Gasteiger partial charge in [0, 0.05) is 0 Å². The Balaban J connectivity index is 2.32. The van der Waals surface area contributed by atoms with Gasteiger partial charge in [-0.05, 0) is 26.8 Å². The number of carboxylic acids is 1. The second kappa shape index (κ2) is 6.42. The zero-order valence-corrected chi connectivity index (χ0v) is 10.4. The van der Waals surface area contributed by atoms with Gasteiger partial charge < -0.3 is 19.0 Å². The highest BCUT2D eigenvalue weighted by molar-refractivity contribution is 5.88. The minimum atomic E-state index is -0.986. The van der Waals surface area contributed by atoms with Crippen LogP contribution in [0.25, 0.3) is 0 Å². The van der Waals surface area contributed by atoms with E-state index in [-0.39, 0.29) is 18.3 Å². The lowest BCUT2D eigenvalue weighted by atomic mass is 10.2. The maximum atomic E-state index is 10.8. The molecule has 0 aliphatic rings. The van der Waals surface area contributed by atoms with Crippen molar-refractivity contribution < 1.29 is 23.8 Å². The first-order valence-corrected chi connectivity index (χ1v) is 5.52. The fourth-order valence-electron chi connectivity index (χ4n) is 1.34. The van der Waals surface area contributed by atoms with E-state index in [1.807, 2.05) is 13.8 Å². The van der Waals surface area contributed by atoms with Crippen LogP contribution in [0.3, 0.4) is 0 Å². The number of hydrogen-bond donors (Lipinski definition) is 1. The molecule has 1 aromatic heterocycles. The van der Waals surface area contributed by atoms with Gasteiger partial charge in [-0.1, -0.05) is 0 Å². The molecule has 1 aromatic rings. The third-order valence-electron chi connectivity index (χ3n) is 2.12. The second-order valence-corrected chi connectivity index (χ2v) is 3.96. The molecule has 0 atom stereocenters. The Morgan fingerprint density at radius 2 is 2.18 bits per heavy atom. The first-order valence-electron chi connectivity index (χ1n) is 5.52. The molecule has 0 radical (unpaired) electrons. The molecule has 17 heavy (non-hydrogen) atoms. The molecule has 1 N–H and O–H groups in total. The molecule has 0 aromatic carbocycles. The van der Waals surface area contributed by atoms with Gasteiger partial charge in [-0.15, -0.1) is 0 Å². The molecule has 0 fully saturated rings. The van der Waals surface area contributed by atoms with Crippen LogP contribution in [-0.2, 0) is 16.1 Å². The predicted molar refractivity (Wildman–Crippen MR) is 61.1 cm³/mol. The normalized spacial score (nSPS) is 11.1. The molecule has 0 amide bonds. The van der Waals surface area contributed by atoms with Crippen molar-refractivity contribution in [1.29, 1.82) is 0 Å². The molecule has 0 bridgehead atoms. The predicted octanol–water partition coefficient (Wildman–Crippen LogP) is 2.23. The van der Waals surface area contributed by atoms with Gasteiger partial charge >= 0.3 is 5.97 Å². The van der Waals surface area contributed by atoms with Crippen LogP contribution < -0.4 is 0 Å². The van der Waals surface area contributed by atoms with Gasteiger partial charge in [0.25, 0.3) is 0 Å². The van der Waals surface area contributed by atoms with Crippen molar-refractivity contribution in [2.24, 2.45) is 0 Å². The third kappa shape index (κ3) is 4.58. The van der Waals surface area contributed by atoms with E-state index in [2.05, 4.69) is 0 Å². The molecule has 5 heteroatoms. The maximum Gasteiger partial charge on any atom is 0.339 e. The number of rotatable bonds is 7. The van der Waals surface area contributed by atoms with Crippen LogP contribution in [0, 0.1) is 6.92 Å². The molecule has 0 saturated carbocycles. The lowest BCUT2D eigenvalue weighted by Crippen LogP contribution is -2.09. The van der Waals surface area contributed by atoms with Gasteiger partial charge in [0.2, 0.25) is 0 Å². The summed E-state index contributed by atoms with van der Waals surface area (Å²) in [6, 6.07) is 1.49. The van der Waals surface area contributed by atoms with Crippen molar-refractivity contribution in [3.8, 4) is 0 Å². The summed E-state index contributed by atoms with van der Waals surface area (Å²) in [5.74, 6) is -0.0698. The summed E-state index contributed by atoms with van der Waals surface area (Å²) in [7, 11) is 0. The van der Waals surface area contributed by atoms with Gasteiger partial charge in [0.15, 0.2) is 0 Å². The van der Waals surface area contributed by atoms with E-state index in [0.717, 1.165) is 0 Å². The zero-order valence-electron chi connectivity index (χ0n) is 10.4. The quantitative estimate of drug-likeness (QED) is 0.742. The van der Waals surface area contributed by atoms with E-state index in [4.69, 9.17) is 19.0 Å². The van der Waals surface area contributed by atoms with E-state index >= 15 is 0 Å². The van der Waals surface area contributed by atoms with Crippen LogP contribution in [-0.4, -0.2) is 30.4 Å². The van der Waals surface area contributed by atoms with E-state index < -0.39 is 5.97 Å². The van der Waals surface area contributed by atoms with Gasteiger partial charge in [-0.2, -0.15) is 0 Å². The van der Waals surface area contributed by atoms with Crippen molar-refractivity contribution in [3.63, 3.8) is 0 Å². The SMILES string of the molecule is Cc1oc(COCCOC(C)C)cc1C(=O)O. The average molecular weight is 242 g/mol. The summed E-state index contributed by atoms with van der Waals surface area (Å²) in [5, 5.41) is 8.83. The Bertz CT molecular complexity index is 367. The monoisotopic (exact) mass is 242 g/mol. The molecular formula is C12H18O5. The number of ether oxygens (including phenoxy) is 2. The Morgan fingerprint density at radius 1 is 1.47 bits per heavy atom. The summed E-state index contributed by atoms with van der Waals surface area (Å²) in [6.07, 6.45) is 0.183. The first-order chi connectivity index (χ1) is 8.00. The van der Waals surface area contributed by atoms with Crippen molar-refractivity contribution in [1.82, 2.24) is 0 Å². The van der Waals surface area contributed by atoms with Crippen molar-refractivity contribution >= 4 is 5.97 Å². The van der Waals surface area contributed by atoms with Gasteiger partial charge in [-0.3, -0.25) is 0 Å². The molecule has 0 spiro atoms. The molecule has 5 nitrogen and oxygen atoms in total. The molecule has 96 valence electrons. The van der Waals surface area contributed by atoms with E-state index in [1.54, 1.807) is 6.92 Å². The smallest absolute Gasteiger partial charge is 0.339 e. The van der Waals surface area contributed by atoms with Crippen molar-refractivity contribution in [2.45, 2.75) is 33.5 Å². The molecule has 0 unspecified atom stereocenters. The van der Waals surface area contributed by atoms with E-state index in [0.29, 0.717) is 24.7 Å². The van der Waals surface area contributed by atoms with Gasteiger partial charge in [0.1, 0.15) is 23.7 Å². The Kier molecular flexibility index (Phi) is 5.18. The number of carboxylic acid groups (broad SMARTS) is 1. The lowest BCUT2D eigenvalue weighted by molar-refractivity contribution is 0.0102. The summed E-state index contributed by atoms with van der Waals surface area (Å²) in [6.45, 7) is 6.76. The minimum Gasteiger partial charge on any atom is -0.478 e. The molecule has 1 rings (SSSR count). The number of aryl methyl sites for hydroxylation is 1. The average Bonchev–Trinajstić information content (AvgIpc) is 2.59. The van der Waals surface area contributed by atoms with Crippen LogP contribution in [0.2, 0.25) is 0 Å². The molecular weight excluding hydrogens is 224 g/mol. The summed E-state index contributed by atoms with van der Waals surface area (Å²) < 4.78 is 15.9. The fourth-order valence-corrected chi connectivity index (χ4v) is 1.34. The van der Waals surface area contributed by atoms with Crippen molar-refractivity contribution in [2.75, 3.05) is 13.2 Å². The topological polar surface area (TPSA) is 68.9 Å². The van der Waals surface area contributed by atoms with Crippen LogP contribution in [0.15, 0.2) is 10.5 Å². The Morgan fingerprint density at radius 3 is 2.71 bits per heavy atom. The van der Waals surface area contributed by atoms with Gasteiger partial charge in [-0.25, -0.2) is 4.79 Å². The molecule has 0 aliphatic carbocycles.